The molecule has 4 heterocycles. The van der Waals surface area contributed by atoms with Gasteiger partial charge >= 0.3 is 24.1 Å². The number of hydrogen-bond acceptors (Lipinski definition) is 8. The maximum atomic E-state index is 12.1. The molecule has 2 amide bonds. The summed E-state index contributed by atoms with van der Waals surface area (Å²) in [7, 11) is 0. The van der Waals surface area contributed by atoms with E-state index in [1.807, 2.05) is 51.3 Å². The quantitative estimate of drug-likeness (QED) is 0.303. The van der Waals surface area contributed by atoms with Gasteiger partial charge in [0.2, 0.25) is 0 Å². The predicted octanol–water partition coefficient (Wildman–Crippen LogP) is 3.64. The van der Waals surface area contributed by atoms with Crippen LogP contribution in [0, 0.1) is 21.7 Å². The molecular weight excluding hydrogens is 544 g/mol. The Labute approximate surface area is 250 Å². The minimum absolute atomic E-state index is 0.160. The molecule has 242 valence electrons. The molecule has 4 aliphatic heterocycles. The van der Waals surface area contributed by atoms with Crippen molar-refractivity contribution < 1.29 is 38.9 Å². The largest absolute Gasteiger partial charge is 0.473 e. The van der Waals surface area contributed by atoms with E-state index in [0.717, 1.165) is 65.2 Å². The zero-order chi connectivity index (χ0) is 32.4. The van der Waals surface area contributed by atoms with Gasteiger partial charge in [0.1, 0.15) is 11.2 Å². The highest BCUT2D eigenvalue weighted by Gasteiger charge is 2.54. The minimum Gasteiger partial charge on any atom is -0.473 e. The number of carbonyl (C=O) groups excluding carboxylic acids is 2. The number of rotatable bonds is 0. The van der Waals surface area contributed by atoms with Crippen molar-refractivity contribution in [3.05, 3.63) is 0 Å². The van der Waals surface area contributed by atoms with Crippen LogP contribution >= 0.6 is 0 Å². The number of amides is 2. The van der Waals surface area contributed by atoms with Gasteiger partial charge in [-0.1, -0.05) is 27.7 Å². The van der Waals surface area contributed by atoms with E-state index < -0.39 is 23.1 Å². The van der Waals surface area contributed by atoms with Gasteiger partial charge in [0.15, 0.2) is 0 Å². The molecule has 0 atom stereocenters. The summed E-state index contributed by atoms with van der Waals surface area (Å²) in [5.74, 6) is -3.65. The lowest BCUT2D eigenvalue weighted by Gasteiger charge is -2.58. The summed E-state index contributed by atoms with van der Waals surface area (Å²) < 4.78 is 10.9. The second kappa shape index (κ2) is 12.6. The Bertz CT molecular complexity index is 924. The highest BCUT2D eigenvalue weighted by molar-refractivity contribution is 6.27. The molecule has 12 heteroatoms. The second-order valence-electron chi connectivity index (χ2n) is 15.4. The van der Waals surface area contributed by atoms with E-state index in [-0.39, 0.29) is 23.0 Å². The van der Waals surface area contributed by atoms with Crippen molar-refractivity contribution in [2.24, 2.45) is 21.7 Å². The third kappa shape index (κ3) is 8.72. The molecule has 0 bridgehead atoms. The lowest BCUT2D eigenvalue weighted by Crippen LogP contribution is -2.67. The molecule has 0 aromatic heterocycles. The summed E-state index contributed by atoms with van der Waals surface area (Å²) in [4.78, 5) is 46.2. The van der Waals surface area contributed by atoms with Crippen molar-refractivity contribution in [2.45, 2.75) is 93.3 Å². The van der Waals surface area contributed by atoms with Gasteiger partial charge in [0, 0.05) is 63.2 Å². The van der Waals surface area contributed by atoms with Crippen molar-refractivity contribution in [2.75, 3.05) is 52.4 Å². The standard InChI is InChI=1S/2C14H26N2O2.C2H2O4/c2*1-12(2,3)18-11(17)16-7-6-14(8-15-9-14)13(4,5)10-16;3-1(4)2(5)6/h2*15H,6-10H2,1-5H3;(H,3,4)(H,5,6). The number of carboxylic acids is 2. The average Bonchev–Trinajstić information content (AvgIpc) is 2.74. The van der Waals surface area contributed by atoms with E-state index in [1.165, 1.54) is 0 Å². The number of nitrogens with zero attached hydrogens (tertiary/aromatic N) is 2. The van der Waals surface area contributed by atoms with Crippen molar-refractivity contribution in [1.82, 2.24) is 20.4 Å². The Morgan fingerprint density at radius 3 is 1.07 bits per heavy atom. The molecular formula is C30H54N4O8. The summed E-state index contributed by atoms with van der Waals surface area (Å²) in [5.41, 5.74) is 0.264. The number of carboxylic acid groups (broad SMARTS) is 2. The molecule has 0 radical (unpaired) electrons. The monoisotopic (exact) mass is 598 g/mol. The van der Waals surface area contributed by atoms with Gasteiger partial charge in [0.05, 0.1) is 0 Å². The summed E-state index contributed by atoms with van der Waals surface area (Å²) in [5, 5.41) is 21.5. The minimum atomic E-state index is -1.82. The molecule has 0 saturated carbocycles. The van der Waals surface area contributed by atoms with E-state index in [4.69, 9.17) is 29.3 Å². The van der Waals surface area contributed by atoms with E-state index in [2.05, 4.69) is 38.3 Å². The first-order valence-corrected chi connectivity index (χ1v) is 14.8. The molecule has 2 spiro atoms. The van der Waals surface area contributed by atoms with Crippen LogP contribution in [0.4, 0.5) is 9.59 Å². The van der Waals surface area contributed by atoms with Gasteiger partial charge in [-0.15, -0.1) is 0 Å². The van der Waals surface area contributed by atoms with Crippen LogP contribution in [0.3, 0.4) is 0 Å². The van der Waals surface area contributed by atoms with Gasteiger partial charge in [-0.05, 0) is 65.2 Å². The second-order valence-corrected chi connectivity index (χ2v) is 15.4. The predicted molar refractivity (Wildman–Crippen MR) is 158 cm³/mol. The molecule has 42 heavy (non-hydrogen) atoms. The fourth-order valence-electron chi connectivity index (χ4n) is 5.95. The third-order valence-corrected chi connectivity index (χ3v) is 9.10. The normalized spacial score (nSPS) is 23.1. The van der Waals surface area contributed by atoms with Crippen LogP contribution in [0.15, 0.2) is 0 Å². The van der Waals surface area contributed by atoms with Crippen LogP contribution in [0.1, 0.15) is 82.1 Å². The van der Waals surface area contributed by atoms with Crippen molar-refractivity contribution >= 4 is 24.1 Å². The number of ether oxygens (including phenoxy) is 2. The van der Waals surface area contributed by atoms with E-state index >= 15 is 0 Å². The van der Waals surface area contributed by atoms with Crippen LogP contribution in [-0.2, 0) is 19.1 Å². The van der Waals surface area contributed by atoms with Gasteiger partial charge in [-0.25, -0.2) is 19.2 Å². The molecule has 12 nitrogen and oxygen atoms in total. The highest BCUT2D eigenvalue weighted by Crippen LogP contribution is 2.49. The Balaban J connectivity index is 0.000000247. The molecule has 0 aliphatic carbocycles. The van der Waals surface area contributed by atoms with Crippen LogP contribution in [0.5, 0.6) is 0 Å². The van der Waals surface area contributed by atoms with Crippen LogP contribution < -0.4 is 10.6 Å². The van der Waals surface area contributed by atoms with E-state index in [9.17, 15) is 9.59 Å². The molecule has 4 rings (SSSR count). The molecule has 0 aromatic rings. The first-order valence-electron chi connectivity index (χ1n) is 14.8. The average molecular weight is 599 g/mol. The van der Waals surface area contributed by atoms with Crippen molar-refractivity contribution in [3.8, 4) is 0 Å². The molecule has 4 fully saturated rings. The number of carbonyl (C=O) groups is 4. The SMILES string of the molecule is CC(C)(C)OC(=O)N1CCC2(CNC2)C(C)(C)C1.CC(C)(C)OC(=O)N1CCC2(CNC2)C(C)(C)C1.O=C(O)C(=O)O. The lowest BCUT2D eigenvalue weighted by atomic mass is 9.58. The zero-order valence-corrected chi connectivity index (χ0v) is 27.3. The van der Waals surface area contributed by atoms with Gasteiger partial charge in [-0.2, -0.15) is 0 Å². The van der Waals surface area contributed by atoms with Gasteiger partial charge < -0.3 is 40.1 Å². The van der Waals surface area contributed by atoms with Crippen LogP contribution in [0.2, 0.25) is 0 Å². The maximum absolute atomic E-state index is 12.1. The summed E-state index contributed by atoms with van der Waals surface area (Å²) in [6, 6.07) is 0. The Hall–Kier alpha value is -2.60. The number of nitrogens with one attached hydrogen (secondary N) is 2. The lowest BCUT2D eigenvalue weighted by molar-refractivity contribution is -0.159. The summed E-state index contributed by atoms with van der Waals surface area (Å²) in [6.45, 7) is 28.1. The summed E-state index contributed by atoms with van der Waals surface area (Å²) >= 11 is 0. The van der Waals surface area contributed by atoms with E-state index in [0.29, 0.717) is 10.8 Å². The maximum Gasteiger partial charge on any atom is 0.414 e. The fourth-order valence-corrected chi connectivity index (χ4v) is 5.95. The van der Waals surface area contributed by atoms with Crippen LogP contribution in [-0.4, -0.2) is 108 Å². The Morgan fingerprint density at radius 2 is 0.905 bits per heavy atom. The Morgan fingerprint density at radius 1 is 0.619 bits per heavy atom. The third-order valence-electron chi connectivity index (χ3n) is 9.10. The van der Waals surface area contributed by atoms with Crippen molar-refractivity contribution in [3.63, 3.8) is 0 Å². The summed E-state index contributed by atoms with van der Waals surface area (Å²) in [6.07, 6.45) is 1.81. The van der Waals surface area contributed by atoms with Crippen molar-refractivity contribution in [1.29, 1.82) is 0 Å². The number of piperidine rings is 2. The van der Waals surface area contributed by atoms with Gasteiger partial charge in [-0.3, -0.25) is 0 Å². The first kappa shape index (κ1) is 35.6. The number of aliphatic carboxylic acids is 2. The highest BCUT2D eigenvalue weighted by atomic mass is 16.6. The van der Waals surface area contributed by atoms with Gasteiger partial charge in [0.25, 0.3) is 0 Å². The first-order chi connectivity index (χ1) is 18.9. The topological polar surface area (TPSA) is 158 Å². The Kier molecular flexibility index (Phi) is 10.6. The number of hydrogen-bond donors (Lipinski definition) is 4. The number of likely N-dealkylation sites (tertiary alicyclic amines) is 2. The smallest absolute Gasteiger partial charge is 0.414 e. The zero-order valence-electron chi connectivity index (χ0n) is 27.3. The molecule has 0 aromatic carbocycles. The van der Waals surface area contributed by atoms with Crippen LogP contribution in [0.25, 0.3) is 0 Å². The molecule has 4 aliphatic rings. The molecule has 4 N–H and O–H groups in total. The molecule has 0 unspecified atom stereocenters. The van der Waals surface area contributed by atoms with E-state index in [1.54, 1.807) is 0 Å². The molecule has 4 saturated heterocycles. The fraction of sp³-hybridized carbons (Fsp3) is 0.867.